The van der Waals surface area contributed by atoms with Gasteiger partial charge in [0.1, 0.15) is 23.0 Å². The van der Waals surface area contributed by atoms with Gasteiger partial charge in [-0.1, -0.05) is 33.8 Å². The summed E-state index contributed by atoms with van der Waals surface area (Å²) in [5.41, 5.74) is 1.10. The normalized spacial score (nSPS) is 24.9. The number of allylic oxidation sites excluding steroid dienone is 4. The maximum atomic E-state index is 13.2. The molecule has 1 N–H and O–H groups in total. The molecule has 1 aliphatic heterocycles. The second-order valence-electron chi connectivity index (χ2n) is 10.2. The first kappa shape index (κ1) is 20.7. The molecule has 160 valence electrons. The summed E-state index contributed by atoms with van der Waals surface area (Å²) >= 11 is 0. The van der Waals surface area contributed by atoms with Gasteiger partial charge in [0.25, 0.3) is 0 Å². The molecule has 0 aromatic heterocycles. The highest BCUT2D eigenvalue weighted by atomic mass is 16.5. The van der Waals surface area contributed by atoms with Gasteiger partial charge in [-0.3, -0.25) is 9.59 Å². The number of aliphatic hydroxyl groups excluding tert-OH is 1. The molecule has 0 fully saturated rings. The maximum Gasteiger partial charge on any atom is 0.163 e. The number of Topliss-reactive ketones (excluding diaryl/α,β-unsaturated/α-hetero) is 2. The summed E-state index contributed by atoms with van der Waals surface area (Å²) in [7, 11) is 0. The molecular weight excluding hydrogens is 380 g/mol. The number of aliphatic hydroxyl groups is 1. The SMILES string of the molecule is CCOc1ccc2c(c1)OC1=C(C(=O)CC(C)(C)C1)C2C1=C(O)CC(C)(C)CC1=O. The lowest BCUT2D eigenvalue weighted by atomic mass is 9.66. The molecule has 4 rings (SSSR count). The molecule has 1 heterocycles. The van der Waals surface area contributed by atoms with Crippen LogP contribution in [0.15, 0.2) is 40.9 Å². The average Bonchev–Trinajstić information content (AvgIpc) is 2.58. The molecule has 2 aliphatic carbocycles. The molecule has 1 unspecified atom stereocenters. The van der Waals surface area contributed by atoms with Crippen molar-refractivity contribution < 1.29 is 24.2 Å². The second-order valence-corrected chi connectivity index (χ2v) is 10.2. The van der Waals surface area contributed by atoms with Gasteiger partial charge < -0.3 is 14.6 Å². The number of hydrogen-bond donors (Lipinski definition) is 1. The first-order valence-corrected chi connectivity index (χ1v) is 10.7. The van der Waals surface area contributed by atoms with Gasteiger partial charge in [-0.2, -0.15) is 0 Å². The van der Waals surface area contributed by atoms with Crippen molar-refractivity contribution in [3.63, 3.8) is 0 Å². The third-order valence-electron chi connectivity index (χ3n) is 6.19. The van der Waals surface area contributed by atoms with Gasteiger partial charge in [0.15, 0.2) is 11.6 Å². The number of rotatable bonds is 3. The first-order chi connectivity index (χ1) is 14.0. The van der Waals surface area contributed by atoms with Gasteiger partial charge in [-0.25, -0.2) is 0 Å². The molecule has 0 amide bonds. The van der Waals surface area contributed by atoms with Crippen LogP contribution in [0, 0.1) is 10.8 Å². The molecule has 0 radical (unpaired) electrons. The molecule has 1 aromatic rings. The lowest BCUT2D eigenvalue weighted by molar-refractivity contribution is -0.119. The lowest BCUT2D eigenvalue weighted by Gasteiger charge is -2.40. The van der Waals surface area contributed by atoms with Gasteiger partial charge in [-0.15, -0.1) is 0 Å². The third-order valence-corrected chi connectivity index (χ3v) is 6.19. The van der Waals surface area contributed by atoms with E-state index in [1.54, 1.807) is 0 Å². The van der Waals surface area contributed by atoms with Crippen LogP contribution in [0.25, 0.3) is 0 Å². The standard InChI is InChI=1S/C25H30O5/c1-6-29-14-7-8-15-19(9-14)30-20-13-25(4,5)12-18(28)23(20)21(15)22-16(26)10-24(2,3)11-17(22)27/h7-9,21,26H,6,10-13H2,1-5H3. The van der Waals surface area contributed by atoms with Crippen LogP contribution in [-0.4, -0.2) is 23.3 Å². The second kappa shape index (κ2) is 7.00. The molecular formula is C25H30O5. The highest BCUT2D eigenvalue weighted by Crippen LogP contribution is 2.53. The molecule has 1 atom stereocenters. The van der Waals surface area contributed by atoms with Gasteiger partial charge >= 0.3 is 0 Å². The highest BCUT2D eigenvalue weighted by molar-refractivity contribution is 6.06. The lowest BCUT2D eigenvalue weighted by Crippen LogP contribution is -2.36. The number of carbonyl (C=O) groups is 2. The molecule has 30 heavy (non-hydrogen) atoms. The Balaban J connectivity index is 1.92. The molecule has 0 saturated heterocycles. The average molecular weight is 411 g/mol. The summed E-state index contributed by atoms with van der Waals surface area (Å²) in [5.74, 6) is 1.27. The Morgan fingerprint density at radius 2 is 1.63 bits per heavy atom. The number of fused-ring (bicyclic) bond motifs is 1. The Bertz CT molecular complexity index is 993. The summed E-state index contributed by atoms with van der Waals surface area (Å²) in [5, 5.41) is 10.9. The predicted molar refractivity (Wildman–Crippen MR) is 114 cm³/mol. The van der Waals surface area contributed by atoms with Crippen LogP contribution in [-0.2, 0) is 9.59 Å². The number of ketones is 2. The predicted octanol–water partition coefficient (Wildman–Crippen LogP) is 5.41. The molecule has 0 saturated carbocycles. The summed E-state index contributed by atoms with van der Waals surface area (Å²) in [6.07, 6.45) is 1.76. The van der Waals surface area contributed by atoms with Crippen molar-refractivity contribution in [2.24, 2.45) is 10.8 Å². The van der Waals surface area contributed by atoms with Crippen LogP contribution in [0.1, 0.15) is 71.8 Å². The Hall–Kier alpha value is -2.56. The van der Waals surface area contributed by atoms with Gasteiger partial charge in [0, 0.05) is 48.5 Å². The van der Waals surface area contributed by atoms with E-state index in [-0.39, 0.29) is 28.2 Å². The molecule has 0 bridgehead atoms. The number of ether oxygens (including phenoxy) is 2. The van der Waals surface area contributed by atoms with Crippen LogP contribution >= 0.6 is 0 Å². The van der Waals surface area contributed by atoms with Crippen molar-refractivity contribution in [2.75, 3.05) is 6.61 Å². The zero-order valence-corrected chi connectivity index (χ0v) is 18.4. The van der Waals surface area contributed by atoms with Crippen LogP contribution in [0.4, 0.5) is 0 Å². The molecule has 0 spiro atoms. The molecule has 5 heteroatoms. The van der Waals surface area contributed by atoms with E-state index in [2.05, 4.69) is 0 Å². The fourth-order valence-electron chi connectivity index (χ4n) is 5.01. The number of benzene rings is 1. The van der Waals surface area contributed by atoms with Crippen molar-refractivity contribution in [3.8, 4) is 11.5 Å². The van der Waals surface area contributed by atoms with Gasteiger partial charge in [-0.05, 0) is 23.8 Å². The molecule has 5 nitrogen and oxygen atoms in total. The summed E-state index contributed by atoms with van der Waals surface area (Å²) < 4.78 is 11.9. The van der Waals surface area contributed by atoms with E-state index in [1.165, 1.54) is 0 Å². The highest BCUT2D eigenvalue weighted by Gasteiger charge is 2.46. The topological polar surface area (TPSA) is 72.8 Å². The van der Waals surface area contributed by atoms with Crippen molar-refractivity contribution in [3.05, 3.63) is 46.4 Å². The monoisotopic (exact) mass is 410 g/mol. The fourth-order valence-corrected chi connectivity index (χ4v) is 5.01. The number of carbonyl (C=O) groups excluding carboxylic acids is 2. The van der Waals surface area contributed by atoms with Crippen molar-refractivity contribution in [2.45, 2.75) is 66.2 Å². The molecule has 3 aliphatic rings. The van der Waals surface area contributed by atoms with Crippen LogP contribution in [0.2, 0.25) is 0 Å². The Kier molecular flexibility index (Phi) is 4.83. The van der Waals surface area contributed by atoms with E-state index in [9.17, 15) is 14.7 Å². The summed E-state index contributed by atoms with van der Waals surface area (Å²) in [4.78, 5) is 26.4. The van der Waals surface area contributed by atoms with Crippen LogP contribution < -0.4 is 9.47 Å². The smallest absolute Gasteiger partial charge is 0.163 e. The Labute approximate surface area is 177 Å². The van der Waals surface area contributed by atoms with E-state index in [1.807, 2.05) is 52.8 Å². The fraction of sp³-hybridized carbons (Fsp3) is 0.520. The van der Waals surface area contributed by atoms with Gasteiger partial charge in [0.2, 0.25) is 0 Å². The summed E-state index contributed by atoms with van der Waals surface area (Å²) in [6.45, 7) is 10.5. The Morgan fingerprint density at radius 1 is 1.00 bits per heavy atom. The third kappa shape index (κ3) is 3.55. The Morgan fingerprint density at radius 3 is 2.27 bits per heavy atom. The summed E-state index contributed by atoms with van der Waals surface area (Å²) in [6, 6.07) is 5.50. The van der Waals surface area contributed by atoms with Crippen molar-refractivity contribution in [1.82, 2.24) is 0 Å². The van der Waals surface area contributed by atoms with E-state index >= 15 is 0 Å². The quantitative estimate of drug-likeness (QED) is 0.722. The van der Waals surface area contributed by atoms with Gasteiger partial charge in [0.05, 0.1) is 12.5 Å². The maximum absolute atomic E-state index is 13.2. The zero-order valence-electron chi connectivity index (χ0n) is 18.4. The van der Waals surface area contributed by atoms with E-state index in [0.29, 0.717) is 60.7 Å². The van der Waals surface area contributed by atoms with Crippen molar-refractivity contribution in [1.29, 1.82) is 0 Å². The number of hydrogen-bond acceptors (Lipinski definition) is 5. The molecule has 1 aromatic carbocycles. The minimum absolute atomic E-state index is 0.0104. The largest absolute Gasteiger partial charge is 0.512 e. The van der Waals surface area contributed by atoms with E-state index in [0.717, 1.165) is 5.56 Å². The zero-order chi connectivity index (χ0) is 21.8. The van der Waals surface area contributed by atoms with Crippen LogP contribution in [0.3, 0.4) is 0 Å². The van der Waals surface area contributed by atoms with E-state index < -0.39 is 5.92 Å². The van der Waals surface area contributed by atoms with E-state index in [4.69, 9.17) is 9.47 Å². The van der Waals surface area contributed by atoms with Crippen LogP contribution in [0.5, 0.6) is 11.5 Å². The minimum atomic E-state index is -0.591. The van der Waals surface area contributed by atoms with Crippen molar-refractivity contribution >= 4 is 11.6 Å². The minimum Gasteiger partial charge on any atom is -0.512 e. The first-order valence-electron chi connectivity index (χ1n) is 10.7.